The molecule has 1 aliphatic rings. The summed E-state index contributed by atoms with van der Waals surface area (Å²) < 4.78 is 0. The first-order valence-corrected chi connectivity index (χ1v) is 9.27. The molecule has 3 aromatic carbocycles. The molecule has 0 N–H and O–H groups in total. The van der Waals surface area contributed by atoms with Crippen molar-refractivity contribution in [2.24, 2.45) is 0 Å². The quantitative estimate of drug-likeness (QED) is 0.617. The predicted molar refractivity (Wildman–Crippen MR) is 105 cm³/mol. The van der Waals surface area contributed by atoms with Crippen LogP contribution in [0.3, 0.4) is 0 Å². The van der Waals surface area contributed by atoms with Crippen molar-refractivity contribution in [2.75, 3.05) is 0 Å². The number of hydrogen-bond donors (Lipinski definition) is 0. The van der Waals surface area contributed by atoms with E-state index in [-0.39, 0.29) is 11.8 Å². The average molecular weight is 341 g/mol. The summed E-state index contributed by atoms with van der Waals surface area (Å²) in [6.45, 7) is 0.681. The number of amides is 1. The maximum absolute atomic E-state index is 13.7. The van der Waals surface area contributed by atoms with Crippen molar-refractivity contribution in [3.63, 3.8) is 0 Å². The van der Waals surface area contributed by atoms with Crippen LogP contribution in [0.15, 0.2) is 91.0 Å². The Bertz CT molecular complexity index is 802. The highest BCUT2D eigenvalue weighted by Crippen LogP contribution is 2.34. The van der Waals surface area contributed by atoms with E-state index < -0.39 is 0 Å². The van der Waals surface area contributed by atoms with Crippen LogP contribution in [0.2, 0.25) is 0 Å². The average Bonchev–Trinajstić information content (AvgIpc) is 3.54. The number of carbonyl (C=O) groups is 1. The molecule has 1 fully saturated rings. The van der Waals surface area contributed by atoms with E-state index in [9.17, 15) is 4.79 Å². The Hall–Kier alpha value is -2.87. The van der Waals surface area contributed by atoms with Crippen LogP contribution < -0.4 is 0 Å². The fourth-order valence-electron chi connectivity index (χ4n) is 3.49. The van der Waals surface area contributed by atoms with Crippen molar-refractivity contribution in [2.45, 2.75) is 31.3 Å². The zero-order chi connectivity index (χ0) is 17.8. The van der Waals surface area contributed by atoms with Gasteiger partial charge < -0.3 is 4.90 Å². The second-order valence-corrected chi connectivity index (χ2v) is 6.94. The summed E-state index contributed by atoms with van der Waals surface area (Å²) in [5, 5.41) is 0. The van der Waals surface area contributed by atoms with E-state index in [2.05, 4.69) is 41.3 Å². The summed E-state index contributed by atoms with van der Waals surface area (Å²) in [5.41, 5.74) is 3.30. The Morgan fingerprint density at radius 3 is 1.69 bits per heavy atom. The largest absolute Gasteiger partial charge is 0.335 e. The van der Waals surface area contributed by atoms with Crippen molar-refractivity contribution in [1.82, 2.24) is 4.90 Å². The first-order chi connectivity index (χ1) is 12.8. The fourth-order valence-corrected chi connectivity index (χ4v) is 3.49. The zero-order valence-electron chi connectivity index (χ0n) is 14.8. The third kappa shape index (κ3) is 3.70. The zero-order valence-corrected chi connectivity index (χ0v) is 14.8. The lowest BCUT2D eigenvalue weighted by Crippen LogP contribution is -2.37. The second kappa shape index (κ2) is 7.57. The minimum atomic E-state index is -0.248. The van der Waals surface area contributed by atoms with Gasteiger partial charge in [-0.3, -0.25) is 4.79 Å². The molecule has 0 radical (unpaired) electrons. The molecule has 0 heterocycles. The number of carbonyl (C=O) groups excluding carboxylic acids is 1. The lowest BCUT2D eigenvalue weighted by atomic mass is 9.89. The van der Waals surface area contributed by atoms with Crippen LogP contribution >= 0.6 is 0 Å². The molecule has 0 spiro atoms. The fraction of sp³-hybridized carbons (Fsp3) is 0.208. The summed E-state index contributed by atoms with van der Waals surface area (Å²) in [7, 11) is 0. The van der Waals surface area contributed by atoms with Crippen LogP contribution in [0, 0.1) is 0 Å². The van der Waals surface area contributed by atoms with E-state index in [4.69, 9.17) is 0 Å². The van der Waals surface area contributed by atoms with Gasteiger partial charge in [-0.15, -0.1) is 0 Å². The Labute approximate surface area is 155 Å². The maximum atomic E-state index is 13.7. The molecule has 0 saturated heterocycles. The van der Waals surface area contributed by atoms with Crippen molar-refractivity contribution in [3.05, 3.63) is 108 Å². The third-order valence-electron chi connectivity index (χ3n) is 4.98. The van der Waals surface area contributed by atoms with Gasteiger partial charge in [-0.05, 0) is 29.5 Å². The summed E-state index contributed by atoms with van der Waals surface area (Å²) in [6, 6.07) is 30.9. The van der Waals surface area contributed by atoms with E-state index in [1.54, 1.807) is 0 Å². The molecular weight excluding hydrogens is 318 g/mol. The lowest BCUT2D eigenvalue weighted by Gasteiger charge is -2.28. The molecule has 26 heavy (non-hydrogen) atoms. The molecule has 2 heteroatoms. The standard InChI is InChI=1S/C24H23NO/c26-24(25(22-16-17-22)18-19-10-4-1-5-11-19)23(20-12-6-2-7-13-20)21-14-8-3-9-15-21/h1-15,22-23H,16-18H2. The minimum Gasteiger partial charge on any atom is -0.335 e. The Kier molecular flexibility index (Phi) is 4.83. The van der Waals surface area contributed by atoms with Gasteiger partial charge in [0.15, 0.2) is 0 Å². The van der Waals surface area contributed by atoms with Crippen molar-refractivity contribution in [1.29, 1.82) is 0 Å². The highest BCUT2D eigenvalue weighted by Gasteiger charge is 2.36. The van der Waals surface area contributed by atoms with Gasteiger partial charge in [-0.25, -0.2) is 0 Å². The molecule has 0 aliphatic heterocycles. The molecule has 1 amide bonds. The predicted octanol–water partition coefficient (Wildman–Crippen LogP) is 5.01. The van der Waals surface area contributed by atoms with Crippen LogP contribution in [-0.2, 0) is 11.3 Å². The summed E-state index contributed by atoms with van der Waals surface area (Å²) in [6.07, 6.45) is 2.21. The summed E-state index contributed by atoms with van der Waals surface area (Å²) in [5.74, 6) is -0.0459. The van der Waals surface area contributed by atoms with Crippen LogP contribution in [0.5, 0.6) is 0 Å². The molecular formula is C24H23NO. The van der Waals surface area contributed by atoms with Crippen molar-refractivity contribution in [3.8, 4) is 0 Å². The molecule has 1 saturated carbocycles. The molecule has 0 atom stereocenters. The van der Waals surface area contributed by atoms with Crippen molar-refractivity contribution < 1.29 is 4.79 Å². The molecule has 0 unspecified atom stereocenters. The Morgan fingerprint density at radius 2 is 1.23 bits per heavy atom. The highest BCUT2D eigenvalue weighted by molar-refractivity contribution is 5.87. The Balaban J connectivity index is 1.68. The molecule has 0 aromatic heterocycles. The molecule has 3 aromatic rings. The van der Waals surface area contributed by atoms with Gasteiger partial charge in [-0.2, -0.15) is 0 Å². The monoisotopic (exact) mass is 341 g/mol. The number of rotatable bonds is 6. The van der Waals surface area contributed by atoms with Gasteiger partial charge in [0.25, 0.3) is 0 Å². The number of nitrogens with zero attached hydrogens (tertiary/aromatic N) is 1. The minimum absolute atomic E-state index is 0.203. The second-order valence-electron chi connectivity index (χ2n) is 6.94. The summed E-state index contributed by atoms with van der Waals surface area (Å²) in [4.78, 5) is 15.7. The molecule has 1 aliphatic carbocycles. The van der Waals surface area contributed by atoms with Gasteiger partial charge >= 0.3 is 0 Å². The first kappa shape index (κ1) is 16.6. The van der Waals surface area contributed by atoms with Crippen LogP contribution in [0.1, 0.15) is 35.4 Å². The van der Waals surface area contributed by atoms with Gasteiger partial charge in [0, 0.05) is 12.6 Å². The topological polar surface area (TPSA) is 20.3 Å². The van der Waals surface area contributed by atoms with E-state index in [1.807, 2.05) is 54.6 Å². The smallest absolute Gasteiger partial charge is 0.235 e. The van der Waals surface area contributed by atoms with Gasteiger partial charge in [0.05, 0.1) is 5.92 Å². The van der Waals surface area contributed by atoms with Gasteiger partial charge in [0.2, 0.25) is 5.91 Å². The molecule has 2 nitrogen and oxygen atoms in total. The van der Waals surface area contributed by atoms with Gasteiger partial charge in [-0.1, -0.05) is 91.0 Å². The molecule has 130 valence electrons. The van der Waals surface area contributed by atoms with Gasteiger partial charge in [0.1, 0.15) is 0 Å². The van der Waals surface area contributed by atoms with Crippen LogP contribution in [-0.4, -0.2) is 16.8 Å². The maximum Gasteiger partial charge on any atom is 0.235 e. The van der Waals surface area contributed by atoms with E-state index in [1.165, 1.54) is 5.56 Å². The SMILES string of the molecule is O=C(C(c1ccccc1)c1ccccc1)N(Cc1ccccc1)C1CC1. The van der Waals surface area contributed by atoms with Crippen LogP contribution in [0.4, 0.5) is 0 Å². The van der Waals surface area contributed by atoms with Crippen LogP contribution in [0.25, 0.3) is 0 Å². The number of hydrogen-bond acceptors (Lipinski definition) is 1. The molecule has 0 bridgehead atoms. The summed E-state index contributed by atoms with van der Waals surface area (Å²) >= 11 is 0. The third-order valence-corrected chi connectivity index (χ3v) is 4.98. The number of benzene rings is 3. The lowest BCUT2D eigenvalue weighted by molar-refractivity contribution is -0.133. The first-order valence-electron chi connectivity index (χ1n) is 9.27. The normalized spacial score (nSPS) is 13.6. The van der Waals surface area contributed by atoms with E-state index in [0.717, 1.165) is 24.0 Å². The Morgan fingerprint density at radius 1 is 0.769 bits per heavy atom. The van der Waals surface area contributed by atoms with E-state index in [0.29, 0.717) is 12.6 Å². The molecule has 4 rings (SSSR count). The van der Waals surface area contributed by atoms with E-state index >= 15 is 0 Å². The van der Waals surface area contributed by atoms with Crippen molar-refractivity contribution >= 4 is 5.91 Å². The highest BCUT2D eigenvalue weighted by atomic mass is 16.2.